The summed E-state index contributed by atoms with van der Waals surface area (Å²) in [6, 6.07) is 8.49. The van der Waals surface area contributed by atoms with Crippen molar-refractivity contribution in [3.05, 3.63) is 29.8 Å². The summed E-state index contributed by atoms with van der Waals surface area (Å²) in [6.45, 7) is 3.38. The minimum Gasteiger partial charge on any atom is -0.497 e. The van der Waals surface area contributed by atoms with Crippen molar-refractivity contribution in [2.45, 2.75) is 45.1 Å². The second kappa shape index (κ2) is 7.09. The van der Waals surface area contributed by atoms with Crippen LogP contribution in [0.25, 0.3) is 0 Å². The lowest BCUT2D eigenvalue weighted by Crippen LogP contribution is -2.39. The third kappa shape index (κ3) is 3.74. The Morgan fingerprint density at radius 1 is 1.20 bits per heavy atom. The summed E-state index contributed by atoms with van der Waals surface area (Å²) in [5.74, 6) is 0.889. The second-order valence-electron chi connectivity index (χ2n) is 6.09. The van der Waals surface area contributed by atoms with E-state index >= 15 is 0 Å². The minimum atomic E-state index is 0.0962. The van der Waals surface area contributed by atoms with Crippen molar-refractivity contribution in [2.24, 2.45) is 5.41 Å². The molecule has 0 bridgehead atoms. The van der Waals surface area contributed by atoms with Gasteiger partial charge in [-0.25, -0.2) is 0 Å². The van der Waals surface area contributed by atoms with E-state index in [-0.39, 0.29) is 5.41 Å². The van der Waals surface area contributed by atoms with Gasteiger partial charge in [0.1, 0.15) is 5.75 Å². The molecule has 0 spiro atoms. The molecule has 1 saturated carbocycles. The maximum absolute atomic E-state index is 9.74. The van der Waals surface area contributed by atoms with Crippen LogP contribution in [0.3, 0.4) is 0 Å². The Morgan fingerprint density at radius 2 is 1.85 bits per heavy atom. The number of methoxy groups -OCH3 is 1. The van der Waals surface area contributed by atoms with Gasteiger partial charge in [-0.3, -0.25) is 0 Å². The molecule has 2 rings (SSSR count). The average Bonchev–Trinajstić information content (AvgIpc) is 2.53. The molecule has 0 saturated heterocycles. The molecule has 0 radical (unpaired) electrons. The Hall–Kier alpha value is -1.06. The van der Waals surface area contributed by atoms with Gasteiger partial charge in [0.2, 0.25) is 0 Å². The van der Waals surface area contributed by atoms with E-state index in [2.05, 4.69) is 24.4 Å². The summed E-state index contributed by atoms with van der Waals surface area (Å²) >= 11 is 0. The summed E-state index contributed by atoms with van der Waals surface area (Å²) in [5.41, 5.74) is 1.36. The lowest BCUT2D eigenvalue weighted by molar-refractivity contribution is 0.0789. The Kier molecular flexibility index (Phi) is 5.44. The van der Waals surface area contributed by atoms with Gasteiger partial charge in [-0.05, 0) is 37.5 Å². The fraction of sp³-hybridized carbons (Fsp3) is 0.647. The number of nitrogens with one attached hydrogen (secondary N) is 1. The number of ether oxygens (including phenoxy) is 1. The van der Waals surface area contributed by atoms with Gasteiger partial charge in [0.05, 0.1) is 7.11 Å². The van der Waals surface area contributed by atoms with Crippen molar-refractivity contribution in [3.8, 4) is 5.75 Å². The number of hydrogen-bond donors (Lipinski definition) is 2. The van der Waals surface area contributed by atoms with Gasteiger partial charge in [0.15, 0.2) is 0 Å². The van der Waals surface area contributed by atoms with Gasteiger partial charge in [-0.2, -0.15) is 0 Å². The quantitative estimate of drug-likeness (QED) is 0.838. The molecular formula is C17H27NO2. The molecule has 1 unspecified atom stereocenters. The monoisotopic (exact) mass is 277 g/mol. The minimum absolute atomic E-state index is 0.0962. The highest BCUT2D eigenvalue weighted by Crippen LogP contribution is 2.35. The van der Waals surface area contributed by atoms with Gasteiger partial charge in [-0.15, -0.1) is 0 Å². The summed E-state index contributed by atoms with van der Waals surface area (Å²) in [4.78, 5) is 0. The summed E-state index contributed by atoms with van der Waals surface area (Å²) < 4.78 is 5.18. The van der Waals surface area contributed by atoms with Crippen LogP contribution in [-0.2, 0) is 0 Å². The highest BCUT2D eigenvalue weighted by atomic mass is 16.5. The molecule has 1 aliphatic carbocycles. The third-order valence-corrected chi connectivity index (χ3v) is 4.65. The van der Waals surface area contributed by atoms with E-state index in [1.165, 1.54) is 24.8 Å². The van der Waals surface area contributed by atoms with Crippen molar-refractivity contribution in [2.75, 3.05) is 20.3 Å². The van der Waals surface area contributed by atoms with Crippen molar-refractivity contribution < 1.29 is 9.84 Å². The number of aliphatic hydroxyl groups is 1. The van der Waals surface area contributed by atoms with E-state index in [1.54, 1.807) is 7.11 Å². The topological polar surface area (TPSA) is 41.5 Å². The molecule has 0 heterocycles. The predicted molar refractivity (Wildman–Crippen MR) is 82.0 cm³/mol. The predicted octanol–water partition coefficient (Wildman–Crippen LogP) is 3.29. The van der Waals surface area contributed by atoms with Crippen molar-refractivity contribution in [1.82, 2.24) is 5.32 Å². The van der Waals surface area contributed by atoms with Gasteiger partial charge >= 0.3 is 0 Å². The van der Waals surface area contributed by atoms with E-state index < -0.39 is 0 Å². The Bertz CT molecular complexity index is 396. The second-order valence-corrected chi connectivity index (χ2v) is 6.09. The van der Waals surface area contributed by atoms with Crippen LogP contribution in [0.15, 0.2) is 24.3 Å². The maximum atomic E-state index is 9.74. The molecular weight excluding hydrogens is 250 g/mol. The molecule has 1 atom stereocenters. The average molecular weight is 277 g/mol. The first-order valence-electron chi connectivity index (χ1n) is 7.67. The normalized spacial score (nSPS) is 19.6. The SMILES string of the molecule is COc1ccc(C(C)NCC2(CO)CCCCC2)cc1. The molecule has 20 heavy (non-hydrogen) atoms. The van der Waals surface area contributed by atoms with Gasteiger partial charge in [-0.1, -0.05) is 31.4 Å². The van der Waals surface area contributed by atoms with E-state index in [0.717, 1.165) is 25.1 Å². The van der Waals surface area contributed by atoms with Crippen LogP contribution in [0.5, 0.6) is 5.75 Å². The number of aliphatic hydroxyl groups excluding tert-OH is 1. The Morgan fingerprint density at radius 3 is 2.40 bits per heavy atom. The molecule has 1 aromatic carbocycles. The summed E-state index contributed by atoms with van der Waals surface area (Å²) in [7, 11) is 1.69. The molecule has 3 heteroatoms. The van der Waals surface area contributed by atoms with Crippen LogP contribution >= 0.6 is 0 Å². The Balaban J connectivity index is 1.91. The highest BCUT2D eigenvalue weighted by Gasteiger charge is 2.31. The molecule has 2 N–H and O–H groups in total. The standard InChI is InChI=1S/C17H27NO2/c1-14(15-6-8-16(20-2)9-7-15)18-12-17(13-19)10-4-3-5-11-17/h6-9,14,18-19H,3-5,10-13H2,1-2H3. The van der Waals surface area contributed by atoms with E-state index in [9.17, 15) is 5.11 Å². The highest BCUT2D eigenvalue weighted by molar-refractivity contribution is 5.28. The molecule has 112 valence electrons. The zero-order valence-electron chi connectivity index (χ0n) is 12.7. The van der Waals surface area contributed by atoms with Crippen LogP contribution in [0.1, 0.15) is 50.6 Å². The van der Waals surface area contributed by atoms with Gasteiger partial charge in [0.25, 0.3) is 0 Å². The molecule has 0 aliphatic heterocycles. The van der Waals surface area contributed by atoms with Crippen LogP contribution in [0.2, 0.25) is 0 Å². The Labute approximate surface area is 122 Å². The number of rotatable bonds is 6. The van der Waals surface area contributed by atoms with Crippen LogP contribution in [-0.4, -0.2) is 25.4 Å². The molecule has 1 aromatic rings. The van der Waals surface area contributed by atoms with Crippen LogP contribution in [0, 0.1) is 5.41 Å². The molecule has 0 aromatic heterocycles. The van der Waals surface area contributed by atoms with E-state index in [0.29, 0.717) is 12.6 Å². The zero-order valence-corrected chi connectivity index (χ0v) is 12.7. The first-order valence-corrected chi connectivity index (χ1v) is 7.67. The summed E-state index contributed by atoms with van der Waals surface area (Å²) in [6.07, 6.45) is 6.10. The van der Waals surface area contributed by atoms with E-state index in [1.807, 2.05) is 12.1 Å². The van der Waals surface area contributed by atoms with Crippen LogP contribution in [0.4, 0.5) is 0 Å². The fourth-order valence-corrected chi connectivity index (χ4v) is 3.07. The molecule has 1 aliphatic rings. The summed E-state index contributed by atoms with van der Waals surface area (Å²) in [5, 5.41) is 13.3. The lowest BCUT2D eigenvalue weighted by Gasteiger charge is -2.36. The molecule has 3 nitrogen and oxygen atoms in total. The number of hydrogen-bond acceptors (Lipinski definition) is 3. The fourth-order valence-electron chi connectivity index (χ4n) is 3.07. The van der Waals surface area contributed by atoms with Crippen LogP contribution < -0.4 is 10.1 Å². The first kappa shape index (κ1) is 15.3. The first-order chi connectivity index (χ1) is 9.69. The number of benzene rings is 1. The zero-order chi connectivity index (χ0) is 14.4. The molecule has 0 amide bonds. The maximum Gasteiger partial charge on any atom is 0.118 e. The largest absolute Gasteiger partial charge is 0.497 e. The van der Waals surface area contributed by atoms with E-state index in [4.69, 9.17) is 4.74 Å². The van der Waals surface area contributed by atoms with Crippen molar-refractivity contribution >= 4 is 0 Å². The van der Waals surface area contributed by atoms with Crippen molar-refractivity contribution in [3.63, 3.8) is 0 Å². The lowest BCUT2D eigenvalue weighted by atomic mass is 9.74. The van der Waals surface area contributed by atoms with Crippen molar-refractivity contribution in [1.29, 1.82) is 0 Å². The smallest absolute Gasteiger partial charge is 0.118 e. The third-order valence-electron chi connectivity index (χ3n) is 4.65. The van der Waals surface area contributed by atoms with Gasteiger partial charge < -0.3 is 15.2 Å². The molecule has 1 fully saturated rings. The van der Waals surface area contributed by atoms with Gasteiger partial charge in [0, 0.05) is 24.6 Å².